The molecule has 1 saturated heterocycles. The standard InChI is InChI=1S/C16H21N3O2/c1-11-9-14-17-12(2)15(16(20)21)19(14)10-13(11)18-7-5-3-4-6-8-18/h9-10H,3-8H2,1-2H3,(H,20,21). The molecule has 5 nitrogen and oxygen atoms in total. The zero-order valence-electron chi connectivity index (χ0n) is 12.6. The quantitative estimate of drug-likeness (QED) is 0.922. The first-order chi connectivity index (χ1) is 10.1. The van der Waals surface area contributed by atoms with Crippen molar-refractivity contribution in [2.75, 3.05) is 18.0 Å². The Morgan fingerprint density at radius 3 is 2.48 bits per heavy atom. The molecule has 1 aliphatic heterocycles. The number of carbonyl (C=O) groups is 1. The van der Waals surface area contributed by atoms with E-state index >= 15 is 0 Å². The maximum atomic E-state index is 11.4. The molecule has 2 aromatic heterocycles. The smallest absolute Gasteiger partial charge is 0.354 e. The summed E-state index contributed by atoms with van der Waals surface area (Å²) in [6.45, 7) is 5.91. The lowest BCUT2D eigenvalue weighted by molar-refractivity contribution is 0.0688. The third-order valence-electron chi connectivity index (χ3n) is 4.26. The van der Waals surface area contributed by atoms with Crippen LogP contribution in [0.15, 0.2) is 12.3 Å². The van der Waals surface area contributed by atoms with Gasteiger partial charge < -0.3 is 10.0 Å². The minimum absolute atomic E-state index is 0.265. The van der Waals surface area contributed by atoms with E-state index in [0.717, 1.165) is 24.3 Å². The topological polar surface area (TPSA) is 57.8 Å². The Labute approximate surface area is 124 Å². The highest BCUT2D eigenvalue weighted by Crippen LogP contribution is 2.26. The SMILES string of the molecule is Cc1cc2nc(C)c(C(=O)O)n2cc1N1CCCCCC1. The average molecular weight is 287 g/mol. The normalized spacial score (nSPS) is 16.2. The average Bonchev–Trinajstić information content (AvgIpc) is 2.62. The van der Waals surface area contributed by atoms with Crippen molar-refractivity contribution in [3.8, 4) is 0 Å². The third kappa shape index (κ3) is 2.48. The van der Waals surface area contributed by atoms with Crippen molar-refractivity contribution in [1.82, 2.24) is 9.38 Å². The first-order valence-electron chi connectivity index (χ1n) is 7.55. The highest BCUT2D eigenvalue weighted by atomic mass is 16.4. The maximum absolute atomic E-state index is 11.4. The fraction of sp³-hybridized carbons (Fsp3) is 0.500. The highest BCUT2D eigenvalue weighted by Gasteiger charge is 2.19. The van der Waals surface area contributed by atoms with E-state index in [2.05, 4.69) is 16.8 Å². The number of rotatable bonds is 2. The second-order valence-corrected chi connectivity index (χ2v) is 5.82. The van der Waals surface area contributed by atoms with E-state index in [-0.39, 0.29) is 5.69 Å². The molecule has 5 heteroatoms. The maximum Gasteiger partial charge on any atom is 0.354 e. The summed E-state index contributed by atoms with van der Waals surface area (Å²) in [5, 5.41) is 9.39. The molecule has 0 amide bonds. The van der Waals surface area contributed by atoms with Gasteiger partial charge in [0, 0.05) is 19.3 Å². The van der Waals surface area contributed by atoms with Gasteiger partial charge >= 0.3 is 5.97 Å². The summed E-state index contributed by atoms with van der Waals surface area (Å²) in [5.74, 6) is -0.925. The molecule has 1 N–H and O–H groups in total. The van der Waals surface area contributed by atoms with Gasteiger partial charge in [0.15, 0.2) is 5.69 Å². The highest BCUT2D eigenvalue weighted by molar-refractivity contribution is 5.88. The molecule has 0 aromatic carbocycles. The summed E-state index contributed by atoms with van der Waals surface area (Å²) in [5.41, 5.74) is 3.83. The number of fused-ring (bicyclic) bond motifs is 1. The van der Waals surface area contributed by atoms with Crippen LogP contribution in [0.25, 0.3) is 5.65 Å². The number of imidazole rings is 1. The Bertz CT molecular complexity index is 682. The molecule has 1 fully saturated rings. The fourth-order valence-corrected chi connectivity index (χ4v) is 3.19. The van der Waals surface area contributed by atoms with Gasteiger partial charge in [-0.1, -0.05) is 12.8 Å². The van der Waals surface area contributed by atoms with Crippen LogP contribution in [-0.2, 0) is 0 Å². The van der Waals surface area contributed by atoms with Gasteiger partial charge in [0.1, 0.15) is 5.65 Å². The van der Waals surface area contributed by atoms with Crippen molar-refractivity contribution in [2.24, 2.45) is 0 Å². The number of anilines is 1. The van der Waals surface area contributed by atoms with E-state index in [4.69, 9.17) is 0 Å². The van der Waals surface area contributed by atoms with Crippen LogP contribution < -0.4 is 4.90 Å². The Hall–Kier alpha value is -2.04. The van der Waals surface area contributed by atoms with Crippen molar-refractivity contribution in [2.45, 2.75) is 39.5 Å². The van der Waals surface area contributed by atoms with Crippen LogP contribution in [0.1, 0.15) is 47.4 Å². The van der Waals surface area contributed by atoms with Gasteiger partial charge in [0.25, 0.3) is 0 Å². The fourth-order valence-electron chi connectivity index (χ4n) is 3.19. The summed E-state index contributed by atoms with van der Waals surface area (Å²) < 4.78 is 1.71. The Morgan fingerprint density at radius 1 is 1.19 bits per heavy atom. The minimum atomic E-state index is -0.925. The third-order valence-corrected chi connectivity index (χ3v) is 4.26. The lowest BCUT2D eigenvalue weighted by Crippen LogP contribution is -2.25. The predicted octanol–water partition coefficient (Wildman–Crippen LogP) is 3.03. The van der Waals surface area contributed by atoms with E-state index in [1.807, 2.05) is 12.3 Å². The summed E-state index contributed by atoms with van der Waals surface area (Å²) in [6, 6.07) is 1.99. The second kappa shape index (κ2) is 5.39. The molecular formula is C16H21N3O2. The molecule has 0 spiro atoms. The molecule has 112 valence electrons. The molecule has 1 aliphatic rings. The van der Waals surface area contributed by atoms with Gasteiger partial charge in [-0.2, -0.15) is 0 Å². The number of aromatic nitrogens is 2. The van der Waals surface area contributed by atoms with Crippen LogP contribution in [0, 0.1) is 13.8 Å². The zero-order chi connectivity index (χ0) is 15.0. The van der Waals surface area contributed by atoms with Crippen LogP contribution in [0.2, 0.25) is 0 Å². The number of carboxylic acid groups (broad SMARTS) is 1. The van der Waals surface area contributed by atoms with Gasteiger partial charge in [0.05, 0.1) is 11.4 Å². The molecule has 21 heavy (non-hydrogen) atoms. The number of pyridine rings is 1. The van der Waals surface area contributed by atoms with Crippen molar-refractivity contribution in [3.63, 3.8) is 0 Å². The van der Waals surface area contributed by atoms with Crippen molar-refractivity contribution in [3.05, 3.63) is 29.2 Å². The molecule has 2 aromatic rings. The van der Waals surface area contributed by atoms with E-state index in [0.29, 0.717) is 11.3 Å². The van der Waals surface area contributed by atoms with Crippen LogP contribution in [0.5, 0.6) is 0 Å². The molecule has 3 rings (SSSR count). The summed E-state index contributed by atoms with van der Waals surface area (Å²) in [6.07, 6.45) is 6.91. The molecule has 0 radical (unpaired) electrons. The van der Waals surface area contributed by atoms with Crippen LogP contribution >= 0.6 is 0 Å². The van der Waals surface area contributed by atoms with Gasteiger partial charge in [-0.15, -0.1) is 0 Å². The Balaban J connectivity index is 2.12. The molecular weight excluding hydrogens is 266 g/mol. The first-order valence-corrected chi connectivity index (χ1v) is 7.55. The number of aryl methyl sites for hydroxylation is 2. The largest absolute Gasteiger partial charge is 0.477 e. The molecule has 0 aliphatic carbocycles. The molecule has 0 bridgehead atoms. The van der Waals surface area contributed by atoms with Crippen molar-refractivity contribution in [1.29, 1.82) is 0 Å². The monoisotopic (exact) mass is 287 g/mol. The summed E-state index contributed by atoms with van der Waals surface area (Å²) >= 11 is 0. The number of nitrogens with zero attached hydrogens (tertiary/aromatic N) is 3. The van der Waals surface area contributed by atoms with Crippen molar-refractivity contribution < 1.29 is 9.90 Å². The van der Waals surface area contributed by atoms with E-state index in [1.54, 1.807) is 11.3 Å². The molecule has 0 saturated carbocycles. The number of aromatic carboxylic acids is 1. The van der Waals surface area contributed by atoms with E-state index in [1.165, 1.54) is 25.7 Å². The Kier molecular flexibility index (Phi) is 3.57. The lowest BCUT2D eigenvalue weighted by Gasteiger charge is -2.24. The summed E-state index contributed by atoms with van der Waals surface area (Å²) in [7, 11) is 0. The minimum Gasteiger partial charge on any atom is -0.477 e. The van der Waals surface area contributed by atoms with Gasteiger partial charge in [0.2, 0.25) is 0 Å². The predicted molar refractivity (Wildman–Crippen MR) is 82.3 cm³/mol. The van der Waals surface area contributed by atoms with Crippen LogP contribution in [0.4, 0.5) is 5.69 Å². The van der Waals surface area contributed by atoms with Gasteiger partial charge in [-0.25, -0.2) is 9.78 Å². The summed E-state index contributed by atoms with van der Waals surface area (Å²) in [4.78, 5) is 18.2. The number of carboxylic acids is 1. The lowest BCUT2D eigenvalue weighted by atomic mass is 10.2. The van der Waals surface area contributed by atoms with Crippen molar-refractivity contribution >= 4 is 17.3 Å². The van der Waals surface area contributed by atoms with E-state index < -0.39 is 5.97 Å². The first kappa shape index (κ1) is 13.9. The molecule has 3 heterocycles. The molecule has 0 atom stereocenters. The van der Waals surface area contributed by atoms with Crippen LogP contribution in [0.3, 0.4) is 0 Å². The zero-order valence-corrected chi connectivity index (χ0v) is 12.6. The Morgan fingerprint density at radius 2 is 1.86 bits per heavy atom. The van der Waals surface area contributed by atoms with Gasteiger partial charge in [-0.3, -0.25) is 4.40 Å². The van der Waals surface area contributed by atoms with E-state index in [9.17, 15) is 9.90 Å². The van der Waals surface area contributed by atoms with Gasteiger partial charge in [-0.05, 0) is 38.3 Å². The number of hydrogen-bond donors (Lipinski definition) is 1. The van der Waals surface area contributed by atoms with Crippen LogP contribution in [-0.4, -0.2) is 33.6 Å². The second-order valence-electron chi connectivity index (χ2n) is 5.82. The number of hydrogen-bond acceptors (Lipinski definition) is 3. The molecule has 0 unspecified atom stereocenters.